The summed E-state index contributed by atoms with van der Waals surface area (Å²) in [5, 5.41) is 19.5. The average Bonchev–Trinajstić information content (AvgIpc) is 3.11. The summed E-state index contributed by atoms with van der Waals surface area (Å²) in [4.78, 5) is 11.5. The molecule has 1 N–H and O–H groups in total. The molecule has 0 aliphatic carbocycles. The highest BCUT2D eigenvalue weighted by Crippen LogP contribution is 2.29. The summed E-state index contributed by atoms with van der Waals surface area (Å²) in [5.41, 5.74) is 2.70. The van der Waals surface area contributed by atoms with Crippen LogP contribution in [0.15, 0.2) is 47.6 Å². The van der Waals surface area contributed by atoms with Gasteiger partial charge in [0, 0.05) is 17.0 Å². The smallest absolute Gasteiger partial charge is 0.195 e. The van der Waals surface area contributed by atoms with E-state index in [1.165, 1.54) is 31.4 Å². The Balaban J connectivity index is 1.61. The van der Waals surface area contributed by atoms with E-state index < -0.39 is 6.10 Å². The first kappa shape index (κ1) is 21.9. The fraction of sp³-hybridized carbons (Fsp3) is 0.318. The van der Waals surface area contributed by atoms with Gasteiger partial charge in [-0.3, -0.25) is 9.36 Å². The molecule has 1 atom stereocenters. The number of aliphatic hydroxyl groups is 1. The van der Waals surface area contributed by atoms with E-state index >= 15 is 0 Å². The van der Waals surface area contributed by atoms with Crippen LogP contribution in [0.4, 0.5) is 0 Å². The molecule has 0 unspecified atom stereocenters. The molecule has 0 amide bonds. The van der Waals surface area contributed by atoms with Crippen molar-refractivity contribution in [3.63, 3.8) is 0 Å². The van der Waals surface area contributed by atoms with Crippen molar-refractivity contribution in [2.24, 2.45) is 0 Å². The molecule has 158 valence electrons. The van der Waals surface area contributed by atoms with Gasteiger partial charge < -0.3 is 14.6 Å². The number of aromatic nitrogens is 3. The van der Waals surface area contributed by atoms with Crippen molar-refractivity contribution >= 4 is 17.5 Å². The molecule has 30 heavy (non-hydrogen) atoms. The molecular formula is C22H25N3O4S. The molecule has 0 saturated carbocycles. The van der Waals surface area contributed by atoms with Gasteiger partial charge >= 0.3 is 0 Å². The van der Waals surface area contributed by atoms with E-state index in [2.05, 4.69) is 10.2 Å². The second-order valence-electron chi connectivity index (χ2n) is 6.90. The van der Waals surface area contributed by atoms with Gasteiger partial charge in [0.1, 0.15) is 12.4 Å². The molecule has 1 aromatic heterocycles. The molecule has 3 rings (SSSR count). The van der Waals surface area contributed by atoms with Gasteiger partial charge in [0.05, 0.1) is 13.2 Å². The molecule has 0 aliphatic rings. The second kappa shape index (κ2) is 9.77. The molecule has 0 saturated heterocycles. The van der Waals surface area contributed by atoms with Gasteiger partial charge in [-0.1, -0.05) is 29.5 Å². The van der Waals surface area contributed by atoms with Gasteiger partial charge in [0.2, 0.25) is 0 Å². The molecule has 0 radical (unpaired) electrons. The van der Waals surface area contributed by atoms with Crippen LogP contribution in [0.2, 0.25) is 0 Å². The third-order valence-electron chi connectivity index (χ3n) is 4.49. The van der Waals surface area contributed by atoms with E-state index in [9.17, 15) is 9.90 Å². The number of hydrogen-bond donors (Lipinski definition) is 1. The maximum Gasteiger partial charge on any atom is 0.195 e. The van der Waals surface area contributed by atoms with Crippen molar-refractivity contribution < 1.29 is 19.4 Å². The van der Waals surface area contributed by atoms with Gasteiger partial charge in [0.25, 0.3) is 0 Å². The van der Waals surface area contributed by atoms with Gasteiger partial charge in [-0.15, -0.1) is 10.2 Å². The number of methoxy groups -OCH3 is 1. The van der Waals surface area contributed by atoms with Crippen molar-refractivity contribution in [1.29, 1.82) is 0 Å². The summed E-state index contributed by atoms with van der Waals surface area (Å²) in [6.45, 7) is 5.51. The number of thioether (sulfide) groups is 1. The SMILES string of the molecule is COc1cc(C(C)=O)ccc1OC[C@@H](O)CSc1nnc(C)n1-c1ccc(C)cc1. The Kier molecular flexibility index (Phi) is 7.12. The van der Waals surface area contributed by atoms with Crippen molar-refractivity contribution in [1.82, 2.24) is 14.8 Å². The summed E-state index contributed by atoms with van der Waals surface area (Å²) in [6.07, 6.45) is -0.726. The lowest BCUT2D eigenvalue weighted by Crippen LogP contribution is -2.20. The zero-order valence-corrected chi connectivity index (χ0v) is 18.3. The van der Waals surface area contributed by atoms with Crippen LogP contribution >= 0.6 is 11.8 Å². The zero-order valence-electron chi connectivity index (χ0n) is 17.5. The van der Waals surface area contributed by atoms with E-state index in [0.29, 0.717) is 28.0 Å². The first-order valence-corrected chi connectivity index (χ1v) is 10.5. The summed E-state index contributed by atoms with van der Waals surface area (Å²) in [5.74, 6) is 2.05. The Morgan fingerprint density at radius 3 is 2.53 bits per heavy atom. The largest absolute Gasteiger partial charge is 0.493 e. The lowest BCUT2D eigenvalue weighted by molar-refractivity contribution is 0.101. The zero-order chi connectivity index (χ0) is 21.7. The highest BCUT2D eigenvalue weighted by molar-refractivity contribution is 7.99. The highest BCUT2D eigenvalue weighted by atomic mass is 32.2. The van der Waals surface area contributed by atoms with Gasteiger partial charge in [0.15, 0.2) is 22.4 Å². The van der Waals surface area contributed by atoms with Gasteiger partial charge in [-0.2, -0.15) is 0 Å². The first-order valence-electron chi connectivity index (χ1n) is 9.50. The monoisotopic (exact) mass is 427 g/mol. The summed E-state index contributed by atoms with van der Waals surface area (Å²) in [7, 11) is 1.51. The number of Topliss-reactive ketones (excluding diaryl/α,β-unsaturated/α-hetero) is 1. The topological polar surface area (TPSA) is 86.5 Å². The van der Waals surface area contributed by atoms with E-state index in [-0.39, 0.29) is 12.4 Å². The maximum absolute atomic E-state index is 11.5. The predicted octanol–water partition coefficient (Wildman–Crippen LogP) is 3.63. The van der Waals surface area contributed by atoms with E-state index in [0.717, 1.165) is 11.5 Å². The molecule has 1 heterocycles. The number of carbonyl (C=O) groups is 1. The maximum atomic E-state index is 11.5. The lowest BCUT2D eigenvalue weighted by Gasteiger charge is -2.15. The quantitative estimate of drug-likeness (QED) is 0.412. The number of carbonyl (C=O) groups excluding carboxylic acids is 1. The number of aryl methyl sites for hydroxylation is 2. The third-order valence-corrected chi connectivity index (χ3v) is 5.57. The number of rotatable bonds is 9. The van der Waals surface area contributed by atoms with Crippen molar-refractivity contribution in [2.75, 3.05) is 19.5 Å². The normalized spacial score (nSPS) is 11.9. The highest BCUT2D eigenvalue weighted by Gasteiger charge is 2.15. The fourth-order valence-corrected chi connectivity index (χ4v) is 3.74. The van der Waals surface area contributed by atoms with Crippen LogP contribution < -0.4 is 9.47 Å². The molecule has 7 nitrogen and oxygen atoms in total. The molecule has 8 heteroatoms. The summed E-state index contributed by atoms with van der Waals surface area (Å²) in [6, 6.07) is 13.1. The van der Waals surface area contributed by atoms with Crippen LogP contribution in [-0.2, 0) is 0 Å². The number of hydrogen-bond acceptors (Lipinski definition) is 7. The van der Waals surface area contributed by atoms with Crippen LogP contribution in [0.3, 0.4) is 0 Å². The minimum atomic E-state index is -0.726. The Bertz CT molecular complexity index is 1020. The molecule has 0 spiro atoms. The number of ether oxygens (including phenoxy) is 2. The summed E-state index contributed by atoms with van der Waals surface area (Å²) < 4.78 is 13.0. The molecule has 2 aromatic carbocycles. The van der Waals surface area contributed by atoms with Crippen LogP contribution in [0, 0.1) is 13.8 Å². The van der Waals surface area contributed by atoms with Crippen LogP contribution in [0.25, 0.3) is 5.69 Å². The fourth-order valence-electron chi connectivity index (χ4n) is 2.84. The minimum Gasteiger partial charge on any atom is -0.493 e. The number of ketones is 1. The number of aliphatic hydroxyl groups excluding tert-OH is 1. The standard InChI is InChI=1S/C22H25N3O4S/c1-14-5-8-18(9-6-14)25-16(3)23-24-22(25)30-13-19(27)12-29-20-10-7-17(15(2)26)11-21(20)28-4/h5-11,19,27H,12-13H2,1-4H3/t19-/m1/s1. The Morgan fingerprint density at radius 1 is 1.13 bits per heavy atom. The van der Waals surface area contributed by atoms with E-state index in [1.807, 2.05) is 42.7 Å². The van der Waals surface area contributed by atoms with Gasteiger partial charge in [-0.05, 0) is 51.1 Å². The van der Waals surface area contributed by atoms with Crippen LogP contribution in [-0.4, -0.2) is 51.2 Å². The van der Waals surface area contributed by atoms with E-state index in [4.69, 9.17) is 9.47 Å². The second-order valence-corrected chi connectivity index (χ2v) is 7.89. The van der Waals surface area contributed by atoms with Crippen molar-refractivity contribution in [2.45, 2.75) is 32.0 Å². The van der Waals surface area contributed by atoms with Crippen LogP contribution in [0.1, 0.15) is 28.7 Å². The summed E-state index contributed by atoms with van der Waals surface area (Å²) >= 11 is 1.41. The lowest BCUT2D eigenvalue weighted by atomic mass is 10.1. The molecular weight excluding hydrogens is 402 g/mol. The Morgan fingerprint density at radius 2 is 1.87 bits per heavy atom. The Hall–Kier alpha value is -2.84. The molecule has 3 aromatic rings. The first-order chi connectivity index (χ1) is 14.4. The Labute approximate surface area is 180 Å². The molecule has 0 bridgehead atoms. The molecule has 0 aliphatic heterocycles. The van der Waals surface area contributed by atoms with Crippen molar-refractivity contribution in [3.8, 4) is 17.2 Å². The molecule has 0 fully saturated rings. The predicted molar refractivity (Wildman–Crippen MR) is 116 cm³/mol. The average molecular weight is 428 g/mol. The van der Waals surface area contributed by atoms with Crippen molar-refractivity contribution in [3.05, 3.63) is 59.4 Å². The minimum absolute atomic E-state index is 0.0516. The third kappa shape index (κ3) is 5.20. The van der Waals surface area contributed by atoms with Crippen LogP contribution in [0.5, 0.6) is 11.5 Å². The number of nitrogens with zero attached hydrogens (tertiary/aromatic N) is 3. The van der Waals surface area contributed by atoms with E-state index in [1.54, 1.807) is 18.2 Å². The van der Waals surface area contributed by atoms with Gasteiger partial charge in [-0.25, -0.2) is 0 Å². The number of benzene rings is 2.